The number of ether oxygens (including phenoxy) is 1. The van der Waals surface area contributed by atoms with Crippen LogP contribution in [0.15, 0.2) is 48.5 Å². The molecule has 21 heavy (non-hydrogen) atoms. The van der Waals surface area contributed by atoms with Crippen LogP contribution in [-0.2, 0) is 6.42 Å². The molecule has 2 aromatic carbocycles. The molecule has 112 valence electrons. The number of rotatable bonds is 7. The molecule has 2 nitrogen and oxygen atoms in total. The van der Waals surface area contributed by atoms with Crippen molar-refractivity contribution in [2.75, 3.05) is 13.2 Å². The Morgan fingerprint density at radius 1 is 1.14 bits per heavy atom. The first-order valence-electron chi connectivity index (χ1n) is 7.40. The Labute approximate surface area is 125 Å². The van der Waals surface area contributed by atoms with E-state index in [1.807, 2.05) is 24.3 Å². The average molecular weight is 287 g/mol. The van der Waals surface area contributed by atoms with Gasteiger partial charge in [0.15, 0.2) is 0 Å². The molecule has 0 aliphatic heterocycles. The molecule has 0 saturated carbocycles. The zero-order valence-electron chi connectivity index (χ0n) is 12.4. The quantitative estimate of drug-likeness (QED) is 0.838. The van der Waals surface area contributed by atoms with E-state index in [0.717, 1.165) is 29.7 Å². The van der Waals surface area contributed by atoms with Crippen LogP contribution in [0.5, 0.6) is 5.75 Å². The second-order valence-corrected chi connectivity index (χ2v) is 5.19. The van der Waals surface area contributed by atoms with Crippen molar-refractivity contribution in [3.63, 3.8) is 0 Å². The minimum absolute atomic E-state index is 0.113. The van der Waals surface area contributed by atoms with E-state index < -0.39 is 0 Å². The predicted molar refractivity (Wildman–Crippen MR) is 84.1 cm³/mol. The Balaban J connectivity index is 2.11. The summed E-state index contributed by atoms with van der Waals surface area (Å²) in [5, 5.41) is 0. The second kappa shape index (κ2) is 7.79. The Morgan fingerprint density at radius 3 is 2.67 bits per heavy atom. The Kier molecular flexibility index (Phi) is 5.76. The third kappa shape index (κ3) is 4.57. The molecule has 0 aliphatic carbocycles. The minimum Gasteiger partial charge on any atom is -0.494 e. The lowest BCUT2D eigenvalue weighted by Crippen LogP contribution is -2.15. The van der Waals surface area contributed by atoms with Crippen LogP contribution >= 0.6 is 0 Å². The van der Waals surface area contributed by atoms with E-state index in [9.17, 15) is 4.39 Å². The van der Waals surface area contributed by atoms with E-state index in [1.54, 1.807) is 12.1 Å². The highest BCUT2D eigenvalue weighted by Gasteiger charge is 2.12. The van der Waals surface area contributed by atoms with Crippen molar-refractivity contribution < 1.29 is 9.13 Å². The molecule has 3 heteroatoms. The van der Waals surface area contributed by atoms with Crippen molar-refractivity contribution >= 4 is 0 Å². The highest BCUT2D eigenvalue weighted by atomic mass is 19.1. The van der Waals surface area contributed by atoms with Crippen molar-refractivity contribution in [2.45, 2.75) is 25.7 Å². The first kappa shape index (κ1) is 15.5. The zero-order valence-corrected chi connectivity index (χ0v) is 12.4. The number of benzene rings is 2. The van der Waals surface area contributed by atoms with Crippen LogP contribution in [0.4, 0.5) is 4.39 Å². The number of nitrogens with two attached hydrogens (primary N) is 1. The van der Waals surface area contributed by atoms with Crippen molar-refractivity contribution in [2.24, 2.45) is 5.73 Å². The summed E-state index contributed by atoms with van der Waals surface area (Å²) < 4.78 is 19.0. The van der Waals surface area contributed by atoms with Gasteiger partial charge in [-0.15, -0.1) is 0 Å². The van der Waals surface area contributed by atoms with E-state index >= 15 is 0 Å². The predicted octanol–water partition coefficient (Wildman–Crippen LogP) is 3.90. The topological polar surface area (TPSA) is 35.2 Å². The fourth-order valence-electron chi connectivity index (χ4n) is 2.36. The highest BCUT2D eigenvalue weighted by Crippen LogP contribution is 2.23. The van der Waals surface area contributed by atoms with Gasteiger partial charge in [0.2, 0.25) is 0 Å². The van der Waals surface area contributed by atoms with Gasteiger partial charge in [0.05, 0.1) is 6.61 Å². The van der Waals surface area contributed by atoms with Crippen molar-refractivity contribution in [3.8, 4) is 5.75 Å². The van der Waals surface area contributed by atoms with E-state index in [4.69, 9.17) is 10.5 Å². The smallest absolute Gasteiger partial charge is 0.123 e. The number of hydrogen-bond acceptors (Lipinski definition) is 2. The maximum absolute atomic E-state index is 13.3. The standard InChI is InChI=1S/C18H22FNO/c1-2-9-21-18-8-3-5-14(11-18)10-16(13-20)15-6-4-7-17(19)12-15/h3-8,11-12,16H,2,9-10,13,20H2,1H3. The van der Waals surface area contributed by atoms with Crippen LogP contribution in [-0.4, -0.2) is 13.2 Å². The van der Waals surface area contributed by atoms with Crippen LogP contribution in [0, 0.1) is 5.82 Å². The maximum Gasteiger partial charge on any atom is 0.123 e. The Hall–Kier alpha value is -1.87. The average Bonchev–Trinajstić information content (AvgIpc) is 2.51. The summed E-state index contributed by atoms with van der Waals surface area (Å²) in [6, 6.07) is 14.7. The monoisotopic (exact) mass is 287 g/mol. The summed E-state index contributed by atoms with van der Waals surface area (Å²) in [6.07, 6.45) is 1.77. The maximum atomic E-state index is 13.3. The molecule has 0 saturated heterocycles. The Bertz CT molecular complexity index is 571. The van der Waals surface area contributed by atoms with E-state index in [-0.39, 0.29) is 11.7 Å². The Morgan fingerprint density at radius 2 is 1.95 bits per heavy atom. The molecule has 1 atom stereocenters. The fraction of sp³-hybridized carbons (Fsp3) is 0.333. The summed E-state index contributed by atoms with van der Waals surface area (Å²) in [4.78, 5) is 0. The summed E-state index contributed by atoms with van der Waals surface area (Å²) in [7, 11) is 0. The van der Waals surface area contributed by atoms with Gasteiger partial charge >= 0.3 is 0 Å². The molecule has 0 spiro atoms. The molecular weight excluding hydrogens is 265 g/mol. The van der Waals surface area contributed by atoms with Gasteiger partial charge in [0.25, 0.3) is 0 Å². The summed E-state index contributed by atoms with van der Waals surface area (Å²) in [6.45, 7) is 3.29. The van der Waals surface area contributed by atoms with Gasteiger partial charge in [0.1, 0.15) is 11.6 Å². The molecule has 0 amide bonds. The molecule has 0 bridgehead atoms. The molecule has 2 rings (SSSR count). The lowest BCUT2D eigenvalue weighted by Gasteiger charge is -2.16. The molecule has 0 aromatic heterocycles. The lowest BCUT2D eigenvalue weighted by atomic mass is 9.92. The van der Waals surface area contributed by atoms with Gasteiger partial charge in [-0.05, 0) is 54.8 Å². The normalized spacial score (nSPS) is 12.1. The molecule has 0 heterocycles. The van der Waals surface area contributed by atoms with Gasteiger partial charge in [-0.1, -0.05) is 31.2 Å². The third-order valence-corrected chi connectivity index (χ3v) is 3.46. The number of halogens is 1. The summed E-state index contributed by atoms with van der Waals surface area (Å²) >= 11 is 0. The molecule has 1 unspecified atom stereocenters. The van der Waals surface area contributed by atoms with E-state index in [0.29, 0.717) is 13.2 Å². The largest absolute Gasteiger partial charge is 0.494 e. The van der Waals surface area contributed by atoms with Crippen LogP contribution in [0.3, 0.4) is 0 Å². The molecular formula is C18H22FNO. The van der Waals surface area contributed by atoms with Gasteiger partial charge in [-0.3, -0.25) is 0 Å². The molecule has 0 fully saturated rings. The second-order valence-electron chi connectivity index (χ2n) is 5.19. The zero-order chi connectivity index (χ0) is 15.1. The van der Waals surface area contributed by atoms with Crippen LogP contribution in [0.2, 0.25) is 0 Å². The van der Waals surface area contributed by atoms with Crippen molar-refractivity contribution in [1.29, 1.82) is 0 Å². The van der Waals surface area contributed by atoms with Crippen molar-refractivity contribution in [1.82, 2.24) is 0 Å². The molecule has 0 radical (unpaired) electrons. The SMILES string of the molecule is CCCOc1cccc(CC(CN)c2cccc(F)c2)c1. The highest BCUT2D eigenvalue weighted by molar-refractivity contribution is 5.31. The first-order valence-corrected chi connectivity index (χ1v) is 7.40. The minimum atomic E-state index is -0.217. The molecule has 2 aromatic rings. The van der Waals surface area contributed by atoms with Crippen LogP contribution in [0.1, 0.15) is 30.4 Å². The van der Waals surface area contributed by atoms with Gasteiger partial charge in [0, 0.05) is 5.92 Å². The lowest BCUT2D eigenvalue weighted by molar-refractivity contribution is 0.317. The molecule has 2 N–H and O–H groups in total. The number of hydrogen-bond donors (Lipinski definition) is 1. The van der Waals surface area contributed by atoms with Gasteiger partial charge < -0.3 is 10.5 Å². The summed E-state index contributed by atoms with van der Waals surface area (Å²) in [5.74, 6) is 0.775. The fourth-order valence-corrected chi connectivity index (χ4v) is 2.36. The third-order valence-electron chi connectivity index (χ3n) is 3.46. The molecule has 0 aliphatic rings. The van der Waals surface area contributed by atoms with Crippen molar-refractivity contribution in [3.05, 3.63) is 65.5 Å². The van der Waals surface area contributed by atoms with Gasteiger partial charge in [-0.25, -0.2) is 4.39 Å². The van der Waals surface area contributed by atoms with E-state index in [1.165, 1.54) is 6.07 Å². The van der Waals surface area contributed by atoms with Gasteiger partial charge in [-0.2, -0.15) is 0 Å². The van der Waals surface area contributed by atoms with Crippen LogP contribution in [0.25, 0.3) is 0 Å². The van der Waals surface area contributed by atoms with Crippen LogP contribution < -0.4 is 10.5 Å². The first-order chi connectivity index (χ1) is 10.2. The summed E-state index contributed by atoms with van der Waals surface area (Å²) in [5.41, 5.74) is 7.97. The van der Waals surface area contributed by atoms with E-state index in [2.05, 4.69) is 13.0 Å².